The Hall–Kier alpha value is -2.37. The second-order valence-electron chi connectivity index (χ2n) is 7.03. The van der Waals surface area contributed by atoms with Crippen molar-refractivity contribution in [2.24, 2.45) is 11.8 Å². The van der Waals surface area contributed by atoms with Crippen LogP contribution in [-0.4, -0.2) is 28.7 Å². The molecule has 0 spiro atoms. The molecule has 1 amide bonds. The standard InChI is InChI=1S/C19H24N2O4/c1-11-7-15-16(21-25-17(15)8-12(11)2)9-18(22)20-10-13-5-3-4-6-14(13)19(23)24/h7-8,13-14H,3-6,9-10H2,1-2H3,(H,20,22)(H,23,24)/t13-,14-/m0/s1. The van der Waals surface area contributed by atoms with Gasteiger partial charge < -0.3 is 14.9 Å². The lowest BCUT2D eigenvalue weighted by Crippen LogP contribution is -2.37. The SMILES string of the molecule is Cc1cc2onc(CC(=O)NC[C@@H]3CCCC[C@@H]3C(=O)O)c2cc1C. The van der Waals surface area contributed by atoms with Crippen molar-refractivity contribution < 1.29 is 19.2 Å². The van der Waals surface area contributed by atoms with Crippen LogP contribution in [0.15, 0.2) is 16.7 Å². The summed E-state index contributed by atoms with van der Waals surface area (Å²) in [6.07, 6.45) is 3.66. The Balaban J connectivity index is 1.63. The van der Waals surface area contributed by atoms with E-state index in [1.807, 2.05) is 26.0 Å². The molecule has 2 N–H and O–H groups in total. The van der Waals surface area contributed by atoms with Crippen molar-refractivity contribution in [3.8, 4) is 0 Å². The van der Waals surface area contributed by atoms with Gasteiger partial charge in [-0.2, -0.15) is 0 Å². The zero-order chi connectivity index (χ0) is 18.0. The maximum Gasteiger partial charge on any atom is 0.306 e. The zero-order valence-corrected chi connectivity index (χ0v) is 14.7. The Labute approximate surface area is 146 Å². The molecular formula is C19H24N2O4. The molecule has 0 bridgehead atoms. The maximum atomic E-state index is 12.3. The molecule has 6 nitrogen and oxygen atoms in total. The van der Waals surface area contributed by atoms with E-state index in [0.29, 0.717) is 24.2 Å². The summed E-state index contributed by atoms with van der Waals surface area (Å²) in [5.74, 6) is -1.25. The van der Waals surface area contributed by atoms with E-state index in [1.165, 1.54) is 0 Å². The van der Waals surface area contributed by atoms with Crippen LogP contribution in [0.25, 0.3) is 11.0 Å². The van der Waals surface area contributed by atoms with Gasteiger partial charge in [-0.25, -0.2) is 0 Å². The summed E-state index contributed by atoms with van der Waals surface area (Å²) in [5, 5.41) is 17.1. The normalized spacial score (nSPS) is 20.6. The van der Waals surface area contributed by atoms with Gasteiger partial charge in [0.1, 0.15) is 5.69 Å². The molecule has 3 rings (SSSR count). The van der Waals surface area contributed by atoms with E-state index in [9.17, 15) is 14.7 Å². The second-order valence-corrected chi connectivity index (χ2v) is 7.03. The van der Waals surface area contributed by atoms with Gasteiger partial charge in [0.15, 0.2) is 5.58 Å². The summed E-state index contributed by atoms with van der Waals surface area (Å²) in [5.41, 5.74) is 3.55. The van der Waals surface area contributed by atoms with Crippen molar-refractivity contribution in [1.82, 2.24) is 10.5 Å². The number of carbonyl (C=O) groups excluding carboxylic acids is 1. The molecule has 134 valence electrons. The molecule has 1 heterocycles. The quantitative estimate of drug-likeness (QED) is 0.870. The fraction of sp³-hybridized carbons (Fsp3) is 0.526. The molecular weight excluding hydrogens is 320 g/mol. The minimum atomic E-state index is -0.757. The fourth-order valence-electron chi connectivity index (χ4n) is 3.61. The molecule has 6 heteroatoms. The van der Waals surface area contributed by atoms with Crippen LogP contribution in [0.4, 0.5) is 0 Å². The topological polar surface area (TPSA) is 92.4 Å². The number of hydrogen-bond donors (Lipinski definition) is 2. The highest BCUT2D eigenvalue weighted by Crippen LogP contribution is 2.30. The number of rotatable bonds is 5. The Bertz CT molecular complexity index is 796. The van der Waals surface area contributed by atoms with E-state index < -0.39 is 5.97 Å². The van der Waals surface area contributed by atoms with Gasteiger partial charge in [0, 0.05) is 11.9 Å². The number of aromatic nitrogens is 1. The number of carboxylic acid groups (broad SMARTS) is 1. The third-order valence-corrected chi connectivity index (χ3v) is 5.28. The predicted molar refractivity (Wildman–Crippen MR) is 93.3 cm³/mol. The Morgan fingerprint density at radius 3 is 2.72 bits per heavy atom. The van der Waals surface area contributed by atoms with Gasteiger partial charge in [0.05, 0.1) is 12.3 Å². The number of hydrogen-bond acceptors (Lipinski definition) is 4. The fourth-order valence-corrected chi connectivity index (χ4v) is 3.61. The summed E-state index contributed by atoms with van der Waals surface area (Å²) in [7, 11) is 0. The van der Waals surface area contributed by atoms with Crippen LogP contribution >= 0.6 is 0 Å². The average molecular weight is 344 g/mol. The molecule has 0 unspecified atom stereocenters. The van der Waals surface area contributed by atoms with Gasteiger partial charge in [-0.15, -0.1) is 0 Å². The molecule has 0 aliphatic heterocycles. The largest absolute Gasteiger partial charge is 0.481 e. The third-order valence-electron chi connectivity index (χ3n) is 5.28. The van der Waals surface area contributed by atoms with Crippen LogP contribution in [-0.2, 0) is 16.0 Å². The van der Waals surface area contributed by atoms with Gasteiger partial charge >= 0.3 is 5.97 Å². The highest BCUT2D eigenvalue weighted by molar-refractivity contribution is 5.87. The monoisotopic (exact) mass is 344 g/mol. The number of nitrogens with zero attached hydrogens (tertiary/aromatic N) is 1. The first-order valence-electron chi connectivity index (χ1n) is 8.80. The Morgan fingerprint density at radius 1 is 1.24 bits per heavy atom. The lowest BCUT2D eigenvalue weighted by molar-refractivity contribution is -0.145. The van der Waals surface area contributed by atoms with Gasteiger partial charge in [-0.1, -0.05) is 18.0 Å². The zero-order valence-electron chi connectivity index (χ0n) is 14.7. The number of amides is 1. The Morgan fingerprint density at radius 2 is 1.96 bits per heavy atom. The van der Waals surface area contributed by atoms with Crippen molar-refractivity contribution in [2.75, 3.05) is 6.54 Å². The lowest BCUT2D eigenvalue weighted by atomic mass is 9.79. The first-order valence-corrected chi connectivity index (χ1v) is 8.80. The third kappa shape index (κ3) is 3.83. The van der Waals surface area contributed by atoms with Crippen molar-refractivity contribution in [2.45, 2.75) is 46.0 Å². The molecule has 0 saturated heterocycles. The van der Waals surface area contributed by atoms with E-state index in [0.717, 1.165) is 35.8 Å². The molecule has 1 saturated carbocycles. The summed E-state index contributed by atoms with van der Waals surface area (Å²) < 4.78 is 5.32. The highest BCUT2D eigenvalue weighted by atomic mass is 16.5. The molecule has 0 radical (unpaired) electrons. The average Bonchev–Trinajstić information content (AvgIpc) is 2.95. The van der Waals surface area contributed by atoms with Gasteiger partial charge in [0.2, 0.25) is 5.91 Å². The van der Waals surface area contributed by atoms with Gasteiger partial charge in [-0.05, 0) is 55.9 Å². The van der Waals surface area contributed by atoms with Crippen LogP contribution in [0.5, 0.6) is 0 Å². The number of aliphatic carboxylic acids is 1. The van der Waals surface area contributed by atoms with Crippen LogP contribution in [0.2, 0.25) is 0 Å². The van der Waals surface area contributed by atoms with Crippen LogP contribution in [0, 0.1) is 25.7 Å². The summed E-state index contributed by atoms with van der Waals surface area (Å²) in [6.45, 7) is 4.43. The number of carbonyl (C=O) groups is 2. The molecule has 1 aromatic carbocycles. The van der Waals surface area contributed by atoms with Gasteiger partial charge in [0.25, 0.3) is 0 Å². The van der Waals surface area contributed by atoms with Crippen molar-refractivity contribution in [3.05, 3.63) is 29.0 Å². The van der Waals surface area contributed by atoms with Crippen molar-refractivity contribution >= 4 is 22.8 Å². The second kappa shape index (κ2) is 7.25. The first kappa shape index (κ1) is 17.5. The molecule has 2 atom stereocenters. The van der Waals surface area contributed by atoms with Crippen LogP contribution < -0.4 is 5.32 Å². The smallest absolute Gasteiger partial charge is 0.306 e. The molecule has 25 heavy (non-hydrogen) atoms. The first-order chi connectivity index (χ1) is 12.0. The number of fused-ring (bicyclic) bond motifs is 1. The van der Waals surface area contributed by atoms with Gasteiger partial charge in [-0.3, -0.25) is 9.59 Å². The van der Waals surface area contributed by atoms with E-state index >= 15 is 0 Å². The van der Waals surface area contributed by atoms with Crippen molar-refractivity contribution in [3.63, 3.8) is 0 Å². The minimum Gasteiger partial charge on any atom is -0.481 e. The summed E-state index contributed by atoms with van der Waals surface area (Å²) in [6, 6.07) is 3.92. The number of benzene rings is 1. The molecule has 1 aliphatic carbocycles. The number of aryl methyl sites for hydroxylation is 2. The maximum absolute atomic E-state index is 12.3. The van der Waals surface area contributed by atoms with E-state index in [4.69, 9.17) is 4.52 Å². The number of carboxylic acids is 1. The molecule has 1 fully saturated rings. The van der Waals surface area contributed by atoms with Crippen molar-refractivity contribution in [1.29, 1.82) is 0 Å². The van der Waals surface area contributed by atoms with Crippen LogP contribution in [0.3, 0.4) is 0 Å². The number of nitrogens with one attached hydrogen (secondary N) is 1. The molecule has 2 aromatic rings. The molecule has 1 aliphatic rings. The Kier molecular flexibility index (Phi) is 5.06. The minimum absolute atomic E-state index is 0.00847. The predicted octanol–water partition coefficient (Wildman–Crippen LogP) is 2.99. The van der Waals surface area contributed by atoms with Crippen LogP contribution in [0.1, 0.15) is 42.5 Å². The van der Waals surface area contributed by atoms with E-state index in [1.54, 1.807) is 0 Å². The summed E-state index contributed by atoms with van der Waals surface area (Å²) in [4.78, 5) is 23.6. The van der Waals surface area contributed by atoms with E-state index in [2.05, 4.69) is 10.5 Å². The molecule has 1 aromatic heterocycles. The highest BCUT2D eigenvalue weighted by Gasteiger charge is 2.30. The summed E-state index contributed by atoms with van der Waals surface area (Å²) >= 11 is 0. The lowest BCUT2D eigenvalue weighted by Gasteiger charge is -2.28. The van der Waals surface area contributed by atoms with E-state index in [-0.39, 0.29) is 24.2 Å².